The van der Waals surface area contributed by atoms with Crippen molar-refractivity contribution in [1.29, 1.82) is 0 Å². The fraction of sp³-hybridized carbons (Fsp3) is 0.733. The summed E-state index contributed by atoms with van der Waals surface area (Å²) in [4.78, 5) is 24.9. The van der Waals surface area contributed by atoms with Gasteiger partial charge >= 0.3 is 11.9 Å². The minimum atomic E-state index is -0.284. The molecule has 1 rings (SSSR count). The molecular weight excluding hydrogens is 381 g/mol. The quantitative estimate of drug-likeness (QED) is 0.502. The lowest BCUT2D eigenvalue weighted by molar-refractivity contribution is -0.164. The maximum Gasteiger partial charge on any atom is 0.302 e. The third kappa shape index (κ3) is 6.78. The molecule has 0 aliphatic carbocycles. The lowest BCUT2D eigenvalue weighted by atomic mass is 9.87. The van der Waals surface area contributed by atoms with Crippen LogP contribution in [-0.4, -0.2) is 49.2 Å². The van der Waals surface area contributed by atoms with E-state index in [-0.39, 0.29) is 30.1 Å². The van der Waals surface area contributed by atoms with E-state index in [1.165, 1.54) is 13.8 Å². The maximum absolute atomic E-state index is 11.4. The number of ether oxygens (including phenoxy) is 2. The molecule has 3 atom stereocenters. The monoisotopic (exact) mass is 405 g/mol. The first-order valence-corrected chi connectivity index (χ1v) is 8.46. The number of piperidine rings is 1. The van der Waals surface area contributed by atoms with Gasteiger partial charge in [0, 0.05) is 32.9 Å². The first kappa shape index (κ1) is 18.4. The molecule has 120 valence electrons. The van der Waals surface area contributed by atoms with Crippen molar-refractivity contribution in [2.24, 2.45) is 5.92 Å². The number of hydrogen-bond acceptors (Lipinski definition) is 5. The van der Waals surface area contributed by atoms with Crippen LogP contribution in [0, 0.1) is 5.92 Å². The minimum Gasteiger partial charge on any atom is -0.462 e. The zero-order valence-corrected chi connectivity index (χ0v) is 15.0. The smallest absolute Gasteiger partial charge is 0.302 e. The molecule has 3 unspecified atom stereocenters. The summed E-state index contributed by atoms with van der Waals surface area (Å²) in [6.45, 7) is 4.50. The van der Waals surface area contributed by atoms with Crippen LogP contribution in [0.2, 0.25) is 0 Å². The molecule has 0 aromatic rings. The largest absolute Gasteiger partial charge is 0.462 e. The fourth-order valence-electron chi connectivity index (χ4n) is 2.74. The molecule has 0 bridgehead atoms. The summed E-state index contributed by atoms with van der Waals surface area (Å²) in [7, 11) is 2.03. The standard InChI is InChI=1S/C15H24INO4/c1-11(18)20-14(6-4-5-8-16)13-10-17(3)9-7-15(13)21-12(2)19/h5,8,13-15H,4,6-7,9-10H2,1-3H3/i16-4. The summed E-state index contributed by atoms with van der Waals surface area (Å²) in [5.41, 5.74) is 0. The third-order valence-corrected chi connectivity index (χ3v) is 4.12. The van der Waals surface area contributed by atoms with Gasteiger partial charge in [-0.3, -0.25) is 9.59 Å². The highest BCUT2D eigenvalue weighted by atomic mass is 123. The lowest BCUT2D eigenvalue weighted by Gasteiger charge is -2.39. The van der Waals surface area contributed by atoms with E-state index in [1.807, 2.05) is 17.2 Å². The lowest BCUT2D eigenvalue weighted by Crippen LogP contribution is -2.49. The van der Waals surface area contributed by atoms with Crippen molar-refractivity contribution in [1.82, 2.24) is 4.90 Å². The zero-order valence-electron chi connectivity index (χ0n) is 12.9. The molecule has 0 saturated carbocycles. The van der Waals surface area contributed by atoms with Crippen LogP contribution >= 0.6 is 22.6 Å². The highest BCUT2D eigenvalue weighted by Gasteiger charge is 2.37. The van der Waals surface area contributed by atoms with Crippen LogP contribution in [0.5, 0.6) is 0 Å². The molecule has 0 N–H and O–H groups in total. The number of halogens is 1. The first-order chi connectivity index (χ1) is 9.93. The van der Waals surface area contributed by atoms with Crippen molar-refractivity contribution in [3.63, 3.8) is 0 Å². The third-order valence-electron chi connectivity index (χ3n) is 3.61. The van der Waals surface area contributed by atoms with Crippen molar-refractivity contribution in [2.75, 3.05) is 20.1 Å². The van der Waals surface area contributed by atoms with Gasteiger partial charge in [-0.25, -0.2) is 0 Å². The van der Waals surface area contributed by atoms with Gasteiger partial charge in [-0.05, 0) is 30.4 Å². The van der Waals surface area contributed by atoms with Gasteiger partial charge in [-0.1, -0.05) is 28.7 Å². The van der Waals surface area contributed by atoms with Gasteiger partial charge in [0.25, 0.3) is 0 Å². The van der Waals surface area contributed by atoms with E-state index in [0.717, 1.165) is 32.4 Å². The van der Waals surface area contributed by atoms with E-state index in [1.54, 1.807) is 0 Å². The molecule has 1 aliphatic rings. The molecule has 0 spiro atoms. The van der Waals surface area contributed by atoms with Gasteiger partial charge in [0.2, 0.25) is 0 Å². The Bertz CT molecular complexity index is 386. The number of allylic oxidation sites excluding steroid dienone is 1. The van der Waals surface area contributed by atoms with Gasteiger partial charge in [-0.15, -0.1) is 0 Å². The molecule has 6 heteroatoms. The summed E-state index contributed by atoms with van der Waals surface area (Å²) in [5.74, 6) is -0.532. The van der Waals surface area contributed by atoms with Crippen LogP contribution in [0.4, 0.5) is 0 Å². The van der Waals surface area contributed by atoms with E-state index >= 15 is 0 Å². The number of rotatable bonds is 6. The molecule has 1 heterocycles. The SMILES string of the molecule is CC(=O)OC(CCC=C[123I])C1CN(C)CCC1OC(C)=O. The second-order valence-corrected chi connectivity index (χ2v) is 6.17. The molecule has 1 fully saturated rings. The Morgan fingerprint density at radius 1 is 1.38 bits per heavy atom. The van der Waals surface area contributed by atoms with Crippen LogP contribution in [-0.2, 0) is 19.1 Å². The van der Waals surface area contributed by atoms with Gasteiger partial charge in [0.15, 0.2) is 0 Å². The van der Waals surface area contributed by atoms with E-state index in [2.05, 4.69) is 27.5 Å². The van der Waals surface area contributed by atoms with Crippen LogP contribution in [0.25, 0.3) is 0 Å². The van der Waals surface area contributed by atoms with Crippen LogP contribution < -0.4 is 0 Å². The minimum absolute atomic E-state index is 0.0270. The van der Waals surface area contributed by atoms with Crippen LogP contribution in [0.1, 0.15) is 33.1 Å². The average Bonchev–Trinajstić information content (AvgIpc) is 2.39. The second-order valence-electron chi connectivity index (χ2n) is 5.45. The number of hydrogen-bond donors (Lipinski definition) is 0. The van der Waals surface area contributed by atoms with Gasteiger partial charge in [-0.2, -0.15) is 0 Å². The molecule has 1 saturated heterocycles. The van der Waals surface area contributed by atoms with Crippen LogP contribution in [0.3, 0.4) is 0 Å². The Kier molecular flexibility index (Phi) is 8.24. The molecule has 5 nitrogen and oxygen atoms in total. The molecular formula is C15H24INO4. The Morgan fingerprint density at radius 2 is 2.10 bits per heavy atom. The molecule has 0 aromatic carbocycles. The number of carbonyl (C=O) groups excluding carboxylic acids is 2. The Balaban J connectivity index is 2.80. The Hall–Kier alpha value is -0.630. The van der Waals surface area contributed by atoms with Crippen LogP contribution in [0.15, 0.2) is 10.2 Å². The van der Waals surface area contributed by atoms with E-state index in [0.29, 0.717) is 0 Å². The summed E-state index contributed by atoms with van der Waals surface area (Å²) < 4.78 is 12.9. The zero-order chi connectivity index (χ0) is 15.8. The Labute approximate surface area is 140 Å². The topological polar surface area (TPSA) is 55.8 Å². The summed E-state index contributed by atoms with van der Waals surface area (Å²) in [6.07, 6.45) is 4.02. The number of carbonyl (C=O) groups is 2. The summed E-state index contributed by atoms with van der Waals surface area (Å²) >= 11 is 2.17. The normalized spacial score (nSPS) is 24.8. The van der Waals surface area contributed by atoms with E-state index in [4.69, 9.17) is 9.47 Å². The van der Waals surface area contributed by atoms with Gasteiger partial charge in [0.05, 0.1) is 0 Å². The van der Waals surface area contributed by atoms with Gasteiger partial charge < -0.3 is 14.4 Å². The first-order valence-electron chi connectivity index (χ1n) is 7.22. The average molecular weight is 405 g/mol. The fourth-order valence-corrected chi connectivity index (χ4v) is 3.10. The molecule has 0 amide bonds. The van der Waals surface area contributed by atoms with Crippen molar-refractivity contribution < 1.29 is 19.1 Å². The number of likely N-dealkylation sites (tertiary alicyclic amines) is 1. The summed E-state index contributed by atoms with van der Waals surface area (Å²) in [5, 5.41) is 0. The van der Waals surface area contributed by atoms with Crippen molar-refractivity contribution >= 4 is 34.5 Å². The molecule has 21 heavy (non-hydrogen) atoms. The second kappa shape index (κ2) is 9.40. The van der Waals surface area contributed by atoms with E-state index in [9.17, 15) is 9.59 Å². The summed E-state index contributed by atoms with van der Waals surface area (Å²) in [6, 6.07) is 0. The molecule has 0 aromatic heterocycles. The molecule has 1 aliphatic heterocycles. The molecule has 0 radical (unpaired) electrons. The highest BCUT2D eigenvalue weighted by Crippen LogP contribution is 2.27. The van der Waals surface area contributed by atoms with Crippen molar-refractivity contribution in [2.45, 2.75) is 45.3 Å². The van der Waals surface area contributed by atoms with Crippen molar-refractivity contribution in [3.8, 4) is 0 Å². The van der Waals surface area contributed by atoms with Crippen molar-refractivity contribution in [3.05, 3.63) is 10.2 Å². The van der Waals surface area contributed by atoms with E-state index < -0.39 is 0 Å². The highest BCUT2D eigenvalue weighted by molar-refractivity contribution is 14.1. The Morgan fingerprint density at radius 3 is 2.67 bits per heavy atom. The predicted octanol–water partition coefficient (Wildman–Crippen LogP) is 2.53. The number of nitrogens with zero attached hydrogens (tertiary/aromatic N) is 1. The predicted molar refractivity (Wildman–Crippen MR) is 89.1 cm³/mol. The maximum atomic E-state index is 11.4. The van der Waals surface area contributed by atoms with Gasteiger partial charge in [0.1, 0.15) is 12.2 Å². The number of esters is 2.